The van der Waals surface area contributed by atoms with Gasteiger partial charge in [0.05, 0.1) is 12.6 Å². The number of guanidine groups is 1. The summed E-state index contributed by atoms with van der Waals surface area (Å²) in [6.07, 6.45) is 1.36. The standard InChI is InChI=1S/C22H36N4O3/c1-6-23-20(24-13-11-17-9-8-10-19(15-17)28-7-2)26-14-12-18(16-26)25-21(27)29-22(3,4)5/h8-10,15,18H,6-7,11-14,16H2,1-5H3,(H,23,24)(H,25,27)/t18-/m1/s1. The molecule has 0 bridgehead atoms. The van der Waals surface area contributed by atoms with E-state index in [1.165, 1.54) is 5.56 Å². The number of amides is 1. The van der Waals surface area contributed by atoms with E-state index in [1.54, 1.807) is 0 Å². The summed E-state index contributed by atoms with van der Waals surface area (Å²) < 4.78 is 10.9. The first-order chi connectivity index (χ1) is 13.8. The van der Waals surface area contributed by atoms with Crippen LogP contribution < -0.4 is 15.4 Å². The number of ether oxygens (including phenoxy) is 2. The topological polar surface area (TPSA) is 75.2 Å². The van der Waals surface area contributed by atoms with E-state index in [9.17, 15) is 4.79 Å². The Bertz CT molecular complexity index is 685. The molecule has 7 heteroatoms. The van der Waals surface area contributed by atoms with Crippen molar-refractivity contribution in [1.82, 2.24) is 15.5 Å². The van der Waals surface area contributed by atoms with Crippen molar-refractivity contribution in [2.75, 3.05) is 32.8 Å². The lowest BCUT2D eigenvalue weighted by molar-refractivity contribution is 0.0507. The van der Waals surface area contributed by atoms with Crippen molar-refractivity contribution in [2.24, 2.45) is 4.99 Å². The maximum Gasteiger partial charge on any atom is 0.407 e. The van der Waals surface area contributed by atoms with Gasteiger partial charge in [-0.25, -0.2) is 4.79 Å². The zero-order valence-electron chi connectivity index (χ0n) is 18.5. The number of carbonyl (C=O) groups is 1. The van der Waals surface area contributed by atoms with Gasteiger partial charge >= 0.3 is 6.09 Å². The molecule has 0 spiro atoms. The second kappa shape index (κ2) is 10.9. The Morgan fingerprint density at radius 2 is 2.10 bits per heavy atom. The Morgan fingerprint density at radius 1 is 1.31 bits per heavy atom. The predicted molar refractivity (Wildman–Crippen MR) is 117 cm³/mol. The number of aliphatic imine (C=N–C) groups is 1. The summed E-state index contributed by atoms with van der Waals surface area (Å²) >= 11 is 0. The Balaban J connectivity index is 1.88. The molecule has 1 aromatic carbocycles. The number of nitrogens with zero attached hydrogens (tertiary/aromatic N) is 2. The maximum atomic E-state index is 12.0. The minimum atomic E-state index is -0.488. The zero-order valence-corrected chi connectivity index (χ0v) is 18.5. The molecule has 29 heavy (non-hydrogen) atoms. The molecule has 1 heterocycles. The molecule has 0 aromatic heterocycles. The van der Waals surface area contributed by atoms with Crippen LogP contribution in [-0.2, 0) is 11.2 Å². The molecule has 1 fully saturated rings. The van der Waals surface area contributed by atoms with Gasteiger partial charge in [-0.1, -0.05) is 12.1 Å². The van der Waals surface area contributed by atoms with E-state index < -0.39 is 5.60 Å². The molecular formula is C22H36N4O3. The largest absolute Gasteiger partial charge is 0.494 e. The fraction of sp³-hybridized carbons (Fsp3) is 0.636. The van der Waals surface area contributed by atoms with Gasteiger partial charge in [0, 0.05) is 26.2 Å². The second-order valence-electron chi connectivity index (χ2n) is 8.14. The van der Waals surface area contributed by atoms with Crippen LogP contribution in [0.3, 0.4) is 0 Å². The van der Waals surface area contributed by atoms with Crippen LogP contribution in [0.5, 0.6) is 5.75 Å². The lowest BCUT2D eigenvalue weighted by Gasteiger charge is -2.23. The minimum Gasteiger partial charge on any atom is -0.494 e. The monoisotopic (exact) mass is 404 g/mol. The van der Waals surface area contributed by atoms with Crippen molar-refractivity contribution in [2.45, 2.75) is 59.1 Å². The highest BCUT2D eigenvalue weighted by Gasteiger charge is 2.27. The Labute approximate surface area is 174 Å². The van der Waals surface area contributed by atoms with Crippen LogP contribution in [0, 0.1) is 0 Å². The van der Waals surface area contributed by atoms with Gasteiger partial charge in [0.1, 0.15) is 11.4 Å². The molecule has 0 saturated carbocycles. The van der Waals surface area contributed by atoms with E-state index in [1.807, 2.05) is 39.8 Å². The van der Waals surface area contributed by atoms with Crippen LogP contribution in [0.4, 0.5) is 4.79 Å². The van der Waals surface area contributed by atoms with Gasteiger partial charge in [-0.15, -0.1) is 0 Å². The van der Waals surface area contributed by atoms with Crippen molar-refractivity contribution in [3.63, 3.8) is 0 Å². The van der Waals surface area contributed by atoms with Crippen molar-refractivity contribution in [3.8, 4) is 5.75 Å². The number of carbonyl (C=O) groups excluding carboxylic acids is 1. The third-order valence-corrected chi connectivity index (χ3v) is 4.42. The summed E-state index contributed by atoms with van der Waals surface area (Å²) in [5, 5.41) is 6.32. The maximum absolute atomic E-state index is 12.0. The molecule has 1 atom stereocenters. The number of rotatable bonds is 7. The molecule has 0 aliphatic carbocycles. The average Bonchev–Trinajstić information content (AvgIpc) is 3.08. The first kappa shape index (κ1) is 22.8. The highest BCUT2D eigenvalue weighted by atomic mass is 16.6. The molecule has 1 aromatic rings. The smallest absolute Gasteiger partial charge is 0.407 e. The summed E-state index contributed by atoms with van der Waals surface area (Å²) in [7, 11) is 0. The van der Waals surface area contributed by atoms with Gasteiger partial charge in [-0.2, -0.15) is 0 Å². The summed E-state index contributed by atoms with van der Waals surface area (Å²) in [4.78, 5) is 19.0. The van der Waals surface area contributed by atoms with Crippen LogP contribution in [0.2, 0.25) is 0 Å². The summed E-state index contributed by atoms with van der Waals surface area (Å²) in [5.41, 5.74) is 0.722. The minimum absolute atomic E-state index is 0.0663. The van der Waals surface area contributed by atoms with Crippen molar-refractivity contribution in [3.05, 3.63) is 29.8 Å². The van der Waals surface area contributed by atoms with Gasteiger partial charge < -0.3 is 25.0 Å². The van der Waals surface area contributed by atoms with Crippen LogP contribution in [0.1, 0.15) is 46.6 Å². The molecule has 2 N–H and O–H groups in total. The first-order valence-corrected chi connectivity index (χ1v) is 10.5. The Morgan fingerprint density at radius 3 is 2.79 bits per heavy atom. The molecule has 1 aliphatic rings. The van der Waals surface area contributed by atoms with E-state index in [0.717, 1.165) is 44.2 Å². The Hall–Kier alpha value is -2.44. The molecule has 0 radical (unpaired) electrons. The van der Waals surface area contributed by atoms with E-state index in [0.29, 0.717) is 13.2 Å². The van der Waals surface area contributed by atoms with E-state index in [2.05, 4.69) is 34.6 Å². The van der Waals surface area contributed by atoms with Crippen LogP contribution in [-0.4, -0.2) is 61.4 Å². The van der Waals surface area contributed by atoms with Crippen molar-refractivity contribution >= 4 is 12.1 Å². The average molecular weight is 405 g/mol. The summed E-state index contributed by atoms with van der Waals surface area (Å²) in [6, 6.07) is 8.23. The highest BCUT2D eigenvalue weighted by Crippen LogP contribution is 2.15. The zero-order chi connectivity index (χ0) is 21.3. The van der Waals surface area contributed by atoms with Crippen LogP contribution in [0.25, 0.3) is 0 Å². The molecular weight excluding hydrogens is 368 g/mol. The quantitative estimate of drug-likeness (QED) is 0.539. The first-order valence-electron chi connectivity index (χ1n) is 10.5. The lowest BCUT2D eigenvalue weighted by Crippen LogP contribution is -2.44. The molecule has 1 amide bonds. The van der Waals surface area contributed by atoms with Gasteiger partial charge in [-0.3, -0.25) is 4.99 Å². The van der Waals surface area contributed by atoms with Crippen LogP contribution >= 0.6 is 0 Å². The second-order valence-corrected chi connectivity index (χ2v) is 8.14. The molecule has 1 saturated heterocycles. The fourth-order valence-corrected chi connectivity index (χ4v) is 3.22. The third kappa shape index (κ3) is 8.21. The van der Waals surface area contributed by atoms with E-state index in [-0.39, 0.29) is 12.1 Å². The van der Waals surface area contributed by atoms with Gasteiger partial charge in [-0.05, 0) is 65.2 Å². The van der Waals surface area contributed by atoms with Gasteiger partial charge in [0.2, 0.25) is 0 Å². The number of hydrogen-bond acceptors (Lipinski definition) is 4. The molecule has 0 unspecified atom stereocenters. The van der Waals surface area contributed by atoms with Crippen LogP contribution in [0.15, 0.2) is 29.3 Å². The number of benzene rings is 1. The van der Waals surface area contributed by atoms with Gasteiger partial charge in [0.25, 0.3) is 0 Å². The highest BCUT2D eigenvalue weighted by molar-refractivity contribution is 5.80. The number of alkyl carbamates (subject to hydrolysis) is 1. The van der Waals surface area contributed by atoms with E-state index >= 15 is 0 Å². The lowest BCUT2D eigenvalue weighted by atomic mass is 10.1. The molecule has 162 valence electrons. The number of nitrogens with one attached hydrogen (secondary N) is 2. The molecule has 1 aliphatic heterocycles. The Kier molecular flexibility index (Phi) is 8.61. The van der Waals surface area contributed by atoms with Crippen molar-refractivity contribution in [1.29, 1.82) is 0 Å². The summed E-state index contributed by atoms with van der Waals surface area (Å²) in [6.45, 7) is 13.4. The molecule has 7 nitrogen and oxygen atoms in total. The normalized spacial score (nSPS) is 17.2. The van der Waals surface area contributed by atoms with E-state index in [4.69, 9.17) is 14.5 Å². The third-order valence-electron chi connectivity index (χ3n) is 4.42. The number of hydrogen-bond donors (Lipinski definition) is 2. The SMILES string of the molecule is CCNC(=NCCc1cccc(OCC)c1)N1CC[C@@H](NC(=O)OC(C)(C)C)C1. The number of likely N-dealkylation sites (tertiary alicyclic amines) is 1. The van der Waals surface area contributed by atoms with Gasteiger partial charge in [0.15, 0.2) is 5.96 Å². The predicted octanol–water partition coefficient (Wildman–Crippen LogP) is 3.19. The summed E-state index contributed by atoms with van der Waals surface area (Å²) in [5.74, 6) is 1.79. The fourth-order valence-electron chi connectivity index (χ4n) is 3.22. The molecule has 2 rings (SSSR count). The van der Waals surface area contributed by atoms with Crippen molar-refractivity contribution < 1.29 is 14.3 Å².